The fourth-order valence-corrected chi connectivity index (χ4v) is 5.05. The van der Waals surface area contributed by atoms with Gasteiger partial charge in [-0.15, -0.1) is 11.3 Å². The third-order valence-corrected chi connectivity index (χ3v) is 6.69. The fourth-order valence-electron chi connectivity index (χ4n) is 3.81. The molecule has 0 spiro atoms. The molecule has 4 rings (SSSR count). The molecule has 0 aliphatic rings. The number of ether oxygens (including phenoxy) is 4. The maximum atomic E-state index is 12.0. The molecule has 0 amide bonds. The second-order valence-corrected chi connectivity index (χ2v) is 10.3. The highest BCUT2D eigenvalue weighted by Gasteiger charge is 2.20. The van der Waals surface area contributed by atoms with E-state index in [9.17, 15) is 4.79 Å². The highest BCUT2D eigenvalue weighted by Crippen LogP contribution is 2.48. The van der Waals surface area contributed by atoms with Crippen LogP contribution in [0.1, 0.15) is 31.9 Å². The first-order valence-corrected chi connectivity index (χ1v) is 12.4. The van der Waals surface area contributed by atoms with Crippen molar-refractivity contribution >= 4 is 33.5 Å². The Morgan fingerprint density at radius 1 is 0.917 bits per heavy atom. The van der Waals surface area contributed by atoms with E-state index in [2.05, 4.69) is 13.0 Å². The molecule has 0 saturated carbocycles. The Balaban J connectivity index is 1.68. The number of benzene rings is 3. The monoisotopic (exact) mass is 502 g/mol. The van der Waals surface area contributed by atoms with Crippen molar-refractivity contribution in [3.05, 3.63) is 77.9 Å². The lowest BCUT2D eigenvalue weighted by Gasteiger charge is -2.17. The first kappa shape index (κ1) is 25.3. The topological polar surface area (TPSA) is 54.0 Å². The van der Waals surface area contributed by atoms with Crippen molar-refractivity contribution in [2.24, 2.45) is 0 Å². The Hall–Kier alpha value is -3.77. The summed E-state index contributed by atoms with van der Waals surface area (Å²) in [7, 11) is 3.34. The molecular formula is C30H30O5S. The third-order valence-electron chi connectivity index (χ3n) is 5.52. The zero-order chi connectivity index (χ0) is 25.9. The first-order chi connectivity index (χ1) is 17.2. The number of rotatable bonds is 7. The average Bonchev–Trinajstić information content (AvgIpc) is 3.19. The molecule has 0 radical (unpaired) electrons. The summed E-state index contributed by atoms with van der Waals surface area (Å²) >= 11 is 1.65. The predicted molar refractivity (Wildman–Crippen MR) is 146 cm³/mol. The molecule has 1 aromatic heterocycles. The van der Waals surface area contributed by atoms with Gasteiger partial charge in [-0.05, 0) is 81.3 Å². The van der Waals surface area contributed by atoms with E-state index in [4.69, 9.17) is 18.9 Å². The zero-order valence-corrected chi connectivity index (χ0v) is 22.2. The van der Waals surface area contributed by atoms with E-state index in [0.717, 1.165) is 48.9 Å². The Morgan fingerprint density at radius 2 is 1.64 bits per heavy atom. The summed E-state index contributed by atoms with van der Waals surface area (Å²) in [4.78, 5) is 13.0. The number of carbonyl (C=O) groups is 1. The molecule has 0 fully saturated rings. The van der Waals surface area contributed by atoms with E-state index in [1.54, 1.807) is 31.6 Å². The van der Waals surface area contributed by atoms with Crippen LogP contribution in [0.15, 0.2) is 66.7 Å². The molecule has 36 heavy (non-hydrogen) atoms. The lowest BCUT2D eigenvalue weighted by molar-refractivity contribution is -0.148. The molecule has 0 atom stereocenters. The highest BCUT2D eigenvalue weighted by atomic mass is 32.1. The van der Waals surface area contributed by atoms with Crippen molar-refractivity contribution in [2.75, 3.05) is 14.2 Å². The molecule has 0 aliphatic carbocycles. The van der Waals surface area contributed by atoms with Crippen LogP contribution in [0.5, 0.6) is 23.0 Å². The number of thiophene rings is 1. The van der Waals surface area contributed by atoms with Gasteiger partial charge in [0, 0.05) is 21.7 Å². The van der Waals surface area contributed by atoms with Crippen LogP contribution in [0.25, 0.3) is 26.6 Å². The molecule has 0 bridgehead atoms. The van der Waals surface area contributed by atoms with Gasteiger partial charge in [0.2, 0.25) is 0 Å². The van der Waals surface area contributed by atoms with Gasteiger partial charge in [0.05, 0.1) is 19.1 Å². The fraction of sp³-hybridized carbons (Fsp3) is 0.233. The smallest absolute Gasteiger partial charge is 0.331 e. The van der Waals surface area contributed by atoms with Crippen LogP contribution >= 0.6 is 11.3 Å². The van der Waals surface area contributed by atoms with Crippen LogP contribution in [-0.2, 0) is 9.53 Å². The summed E-state index contributed by atoms with van der Waals surface area (Å²) in [6, 6.07) is 19.6. The Kier molecular flexibility index (Phi) is 7.36. The second-order valence-electron chi connectivity index (χ2n) is 9.29. The quantitative estimate of drug-likeness (QED) is 0.189. The van der Waals surface area contributed by atoms with Crippen molar-refractivity contribution in [3.63, 3.8) is 0 Å². The normalized spacial score (nSPS) is 11.6. The van der Waals surface area contributed by atoms with Crippen LogP contribution in [0.4, 0.5) is 0 Å². The SMILES string of the molecule is COc1ccc2c(Oc3ccc(/C=C/C(=O)OC(C)(C)C)cc3)c(-c3cccc(OC)c3C)sc2c1. The van der Waals surface area contributed by atoms with Crippen LogP contribution in [0, 0.1) is 6.92 Å². The lowest BCUT2D eigenvalue weighted by Crippen LogP contribution is -2.22. The summed E-state index contributed by atoms with van der Waals surface area (Å²) in [6.07, 6.45) is 3.17. The number of carbonyl (C=O) groups excluding carboxylic acids is 1. The minimum Gasteiger partial charge on any atom is -0.497 e. The van der Waals surface area contributed by atoms with Gasteiger partial charge in [0.25, 0.3) is 0 Å². The number of hydrogen-bond acceptors (Lipinski definition) is 6. The van der Waals surface area contributed by atoms with Crippen LogP contribution in [0.2, 0.25) is 0 Å². The van der Waals surface area contributed by atoms with E-state index in [1.165, 1.54) is 6.08 Å². The third kappa shape index (κ3) is 5.71. The molecule has 0 unspecified atom stereocenters. The van der Waals surface area contributed by atoms with Crippen LogP contribution < -0.4 is 14.2 Å². The van der Waals surface area contributed by atoms with Crippen molar-refractivity contribution < 1.29 is 23.7 Å². The molecule has 1 heterocycles. The molecule has 0 N–H and O–H groups in total. The van der Waals surface area contributed by atoms with Crippen LogP contribution in [0.3, 0.4) is 0 Å². The maximum Gasteiger partial charge on any atom is 0.331 e. The summed E-state index contributed by atoms with van der Waals surface area (Å²) < 4.78 is 23.9. The lowest BCUT2D eigenvalue weighted by atomic mass is 10.0. The maximum absolute atomic E-state index is 12.0. The van der Waals surface area contributed by atoms with Gasteiger partial charge >= 0.3 is 5.97 Å². The van der Waals surface area contributed by atoms with Crippen molar-refractivity contribution in [2.45, 2.75) is 33.3 Å². The largest absolute Gasteiger partial charge is 0.497 e. The van der Waals surface area contributed by atoms with Crippen LogP contribution in [-0.4, -0.2) is 25.8 Å². The highest BCUT2D eigenvalue weighted by molar-refractivity contribution is 7.22. The number of hydrogen-bond donors (Lipinski definition) is 0. The molecule has 0 saturated heterocycles. The van der Waals surface area contributed by atoms with Crippen molar-refractivity contribution in [1.82, 2.24) is 0 Å². The van der Waals surface area contributed by atoms with E-state index in [-0.39, 0.29) is 5.97 Å². The Morgan fingerprint density at radius 3 is 2.31 bits per heavy atom. The van der Waals surface area contributed by atoms with E-state index < -0.39 is 5.60 Å². The van der Waals surface area contributed by atoms with Gasteiger partial charge in [-0.25, -0.2) is 4.79 Å². The number of methoxy groups -OCH3 is 2. The van der Waals surface area contributed by atoms with Gasteiger partial charge < -0.3 is 18.9 Å². The summed E-state index contributed by atoms with van der Waals surface area (Å²) in [5, 5.41) is 1.01. The summed E-state index contributed by atoms with van der Waals surface area (Å²) in [6.45, 7) is 7.58. The molecule has 3 aromatic carbocycles. The Labute approximate surface area is 215 Å². The Bertz CT molecular complexity index is 1410. The summed E-state index contributed by atoms with van der Waals surface area (Å²) in [5.74, 6) is 2.73. The molecule has 4 aromatic rings. The van der Waals surface area contributed by atoms with E-state index in [0.29, 0.717) is 5.75 Å². The minimum atomic E-state index is -0.523. The van der Waals surface area contributed by atoms with Gasteiger partial charge in [0.15, 0.2) is 5.75 Å². The average molecular weight is 503 g/mol. The molecule has 0 aliphatic heterocycles. The van der Waals surface area contributed by atoms with Gasteiger partial charge in [0.1, 0.15) is 22.8 Å². The molecule has 6 heteroatoms. The molecular weight excluding hydrogens is 472 g/mol. The molecule has 5 nitrogen and oxygen atoms in total. The number of esters is 1. The van der Waals surface area contributed by atoms with E-state index in [1.807, 2.05) is 75.4 Å². The number of fused-ring (bicyclic) bond motifs is 1. The molecule has 186 valence electrons. The van der Waals surface area contributed by atoms with Crippen molar-refractivity contribution in [3.8, 4) is 33.4 Å². The van der Waals surface area contributed by atoms with Gasteiger partial charge in [-0.1, -0.05) is 24.3 Å². The zero-order valence-electron chi connectivity index (χ0n) is 21.4. The standard InChI is InChI=1S/C30H30O5S/c1-19-23(8-7-9-25(19)33-6)29-28(24-16-15-22(32-5)18-26(24)36-29)34-21-13-10-20(11-14-21)12-17-27(31)35-30(2,3)4/h7-18H,1-6H3/b17-12+. The summed E-state index contributed by atoms with van der Waals surface area (Å²) in [5.41, 5.74) is 2.45. The van der Waals surface area contributed by atoms with Gasteiger partial charge in [-0.2, -0.15) is 0 Å². The predicted octanol–water partition coefficient (Wildman–Crippen LogP) is 8.04. The van der Waals surface area contributed by atoms with Crippen molar-refractivity contribution in [1.29, 1.82) is 0 Å². The van der Waals surface area contributed by atoms with Gasteiger partial charge in [-0.3, -0.25) is 0 Å². The second kappa shape index (κ2) is 10.5. The minimum absolute atomic E-state index is 0.374. The van der Waals surface area contributed by atoms with E-state index >= 15 is 0 Å². The first-order valence-electron chi connectivity index (χ1n) is 11.6.